The van der Waals surface area contributed by atoms with Crippen molar-refractivity contribution < 1.29 is 4.79 Å². The minimum absolute atomic E-state index is 0.0336. The van der Waals surface area contributed by atoms with Crippen molar-refractivity contribution in [2.45, 2.75) is 85.5 Å². The van der Waals surface area contributed by atoms with Crippen molar-refractivity contribution >= 4 is 23.2 Å². The zero-order chi connectivity index (χ0) is 27.4. The van der Waals surface area contributed by atoms with E-state index in [2.05, 4.69) is 78.7 Å². The third-order valence-corrected chi connectivity index (χ3v) is 7.25. The average Bonchev–Trinajstić information content (AvgIpc) is 3.26. The number of carbonyl (C=O) groups excluding carboxylic acids is 1. The van der Waals surface area contributed by atoms with E-state index in [1.54, 1.807) is 0 Å². The largest absolute Gasteiger partial charge is 0.388 e. The number of fused-ring (bicyclic) bond motifs is 1. The van der Waals surface area contributed by atoms with Crippen LogP contribution >= 0.6 is 0 Å². The molecule has 0 saturated carbocycles. The monoisotopic (exact) mass is 514 g/mol. The molecule has 0 bridgehead atoms. The van der Waals surface area contributed by atoms with Crippen molar-refractivity contribution in [3.63, 3.8) is 0 Å². The topological polar surface area (TPSA) is 82.2 Å². The second kappa shape index (κ2) is 11.5. The summed E-state index contributed by atoms with van der Waals surface area (Å²) in [4.78, 5) is 25.1. The van der Waals surface area contributed by atoms with E-state index in [0.717, 1.165) is 55.0 Å². The summed E-state index contributed by atoms with van der Waals surface area (Å²) in [6.07, 6.45) is 4.96. The molecule has 7 heteroatoms. The number of carbonyl (C=O) groups is 1. The Morgan fingerprint density at radius 1 is 1.08 bits per heavy atom. The fourth-order valence-electron chi connectivity index (χ4n) is 5.52. The van der Waals surface area contributed by atoms with Gasteiger partial charge in [-0.2, -0.15) is 0 Å². The van der Waals surface area contributed by atoms with Crippen LogP contribution in [0.1, 0.15) is 78.3 Å². The van der Waals surface area contributed by atoms with Gasteiger partial charge in [0.05, 0.1) is 5.69 Å². The molecule has 1 aliphatic rings. The molecule has 3 N–H and O–H groups in total. The van der Waals surface area contributed by atoms with Gasteiger partial charge < -0.3 is 16.0 Å². The van der Waals surface area contributed by atoms with Gasteiger partial charge in [0.25, 0.3) is 5.91 Å². The SMILES string of the molecule is CCCC(CC(C)(C)NC(=O)c1ccc(NC)c(C)c1)N1Cc2cnc(Nc3cc(C)cc(C)c3)nc2C1. The van der Waals surface area contributed by atoms with Gasteiger partial charge in [-0.15, -0.1) is 0 Å². The molecular weight excluding hydrogens is 472 g/mol. The average molecular weight is 515 g/mol. The fourth-order valence-corrected chi connectivity index (χ4v) is 5.52. The van der Waals surface area contributed by atoms with E-state index in [4.69, 9.17) is 4.98 Å². The van der Waals surface area contributed by atoms with E-state index in [1.807, 2.05) is 38.4 Å². The molecule has 2 aromatic carbocycles. The van der Waals surface area contributed by atoms with E-state index >= 15 is 0 Å². The maximum Gasteiger partial charge on any atom is 0.251 e. The second-order valence-corrected chi connectivity index (χ2v) is 11.3. The minimum Gasteiger partial charge on any atom is -0.388 e. The molecule has 0 aliphatic carbocycles. The number of hydrogen-bond acceptors (Lipinski definition) is 6. The van der Waals surface area contributed by atoms with Crippen molar-refractivity contribution in [2.24, 2.45) is 0 Å². The van der Waals surface area contributed by atoms with Crippen molar-refractivity contribution in [3.05, 3.63) is 76.1 Å². The van der Waals surface area contributed by atoms with Crippen LogP contribution in [0.3, 0.4) is 0 Å². The Bertz CT molecular complexity index is 1280. The van der Waals surface area contributed by atoms with E-state index in [-0.39, 0.29) is 11.4 Å². The van der Waals surface area contributed by atoms with Gasteiger partial charge in [-0.25, -0.2) is 9.97 Å². The number of benzene rings is 2. The standard InChI is InChI=1S/C31H42N6O/c1-8-9-26(16-31(5,6)36-29(38)23-10-11-27(32-7)22(4)15-23)37-18-24-17-33-30(35-28(24)19-37)34-25-13-20(2)12-21(3)14-25/h10-15,17,26,32H,8-9,16,18-19H2,1-7H3,(H,36,38)(H,33,34,35). The molecule has 1 aromatic heterocycles. The van der Waals surface area contributed by atoms with E-state index in [9.17, 15) is 4.79 Å². The highest BCUT2D eigenvalue weighted by Crippen LogP contribution is 2.30. The number of anilines is 3. The molecule has 1 amide bonds. The third-order valence-electron chi connectivity index (χ3n) is 7.25. The molecule has 7 nitrogen and oxygen atoms in total. The third kappa shape index (κ3) is 6.70. The minimum atomic E-state index is -0.358. The Morgan fingerprint density at radius 2 is 1.82 bits per heavy atom. The predicted molar refractivity (Wildman–Crippen MR) is 156 cm³/mol. The van der Waals surface area contributed by atoms with Gasteiger partial charge in [-0.1, -0.05) is 19.4 Å². The molecule has 0 saturated heterocycles. The smallest absolute Gasteiger partial charge is 0.251 e. The van der Waals surface area contributed by atoms with Gasteiger partial charge in [0.15, 0.2) is 0 Å². The van der Waals surface area contributed by atoms with Crippen LogP contribution in [0.2, 0.25) is 0 Å². The number of amides is 1. The van der Waals surface area contributed by atoms with Crippen LogP contribution in [0.4, 0.5) is 17.3 Å². The summed E-state index contributed by atoms with van der Waals surface area (Å²) >= 11 is 0. The first-order valence-electron chi connectivity index (χ1n) is 13.6. The Morgan fingerprint density at radius 3 is 2.47 bits per heavy atom. The molecule has 38 heavy (non-hydrogen) atoms. The van der Waals surface area contributed by atoms with E-state index in [1.165, 1.54) is 16.7 Å². The van der Waals surface area contributed by atoms with Gasteiger partial charge in [0.1, 0.15) is 0 Å². The highest BCUT2D eigenvalue weighted by Gasteiger charge is 2.32. The molecule has 1 atom stereocenters. The van der Waals surface area contributed by atoms with Crippen molar-refractivity contribution in [3.8, 4) is 0 Å². The quantitative estimate of drug-likeness (QED) is 0.296. The highest BCUT2D eigenvalue weighted by atomic mass is 16.1. The first-order valence-corrected chi connectivity index (χ1v) is 13.6. The van der Waals surface area contributed by atoms with Gasteiger partial charge in [0, 0.05) is 60.4 Å². The fraction of sp³-hybridized carbons (Fsp3) is 0.452. The molecule has 202 valence electrons. The summed E-state index contributed by atoms with van der Waals surface area (Å²) in [5.41, 5.74) is 8.11. The van der Waals surface area contributed by atoms with Crippen LogP contribution in [-0.2, 0) is 13.1 Å². The van der Waals surface area contributed by atoms with Crippen molar-refractivity contribution in [1.29, 1.82) is 0 Å². The first-order chi connectivity index (χ1) is 18.1. The first kappa shape index (κ1) is 27.6. The second-order valence-electron chi connectivity index (χ2n) is 11.3. The molecule has 1 aliphatic heterocycles. The zero-order valence-corrected chi connectivity index (χ0v) is 23.9. The molecule has 3 aromatic rings. The molecular formula is C31H42N6O. The zero-order valence-electron chi connectivity index (χ0n) is 23.9. The molecule has 4 rings (SSSR count). The summed E-state index contributed by atoms with van der Waals surface area (Å²) < 4.78 is 0. The lowest BCUT2D eigenvalue weighted by atomic mass is 9.91. The summed E-state index contributed by atoms with van der Waals surface area (Å²) in [6.45, 7) is 14.3. The molecule has 0 spiro atoms. The van der Waals surface area contributed by atoms with Gasteiger partial charge >= 0.3 is 0 Å². The normalized spacial score (nSPS) is 14.2. The van der Waals surface area contributed by atoms with Crippen LogP contribution in [0.5, 0.6) is 0 Å². The van der Waals surface area contributed by atoms with Crippen LogP contribution in [0.25, 0.3) is 0 Å². The lowest BCUT2D eigenvalue weighted by Crippen LogP contribution is -2.48. The van der Waals surface area contributed by atoms with Gasteiger partial charge in [0.2, 0.25) is 5.95 Å². The summed E-state index contributed by atoms with van der Waals surface area (Å²) in [5, 5.41) is 9.83. The van der Waals surface area contributed by atoms with E-state index < -0.39 is 0 Å². The van der Waals surface area contributed by atoms with Crippen molar-refractivity contribution in [1.82, 2.24) is 20.2 Å². The number of aryl methyl sites for hydroxylation is 3. The Balaban J connectivity index is 1.43. The predicted octanol–water partition coefficient (Wildman–Crippen LogP) is 6.27. The number of hydrogen-bond donors (Lipinski definition) is 3. The maximum atomic E-state index is 13.1. The van der Waals surface area contributed by atoms with E-state index in [0.29, 0.717) is 17.6 Å². The molecule has 1 unspecified atom stereocenters. The number of aromatic nitrogens is 2. The molecule has 0 fully saturated rings. The molecule has 2 heterocycles. The number of rotatable bonds is 10. The van der Waals surface area contributed by atoms with Crippen LogP contribution in [0.15, 0.2) is 42.6 Å². The van der Waals surface area contributed by atoms with Gasteiger partial charge in [-0.05, 0) is 94.5 Å². The lowest BCUT2D eigenvalue weighted by Gasteiger charge is -2.35. The summed E-state index contributed by atoms with van der Waals surface area (Å²) in [5.74, 6) is 0.600. The Hall–Kier alpha value is -3.45. The summed E-state index contributed by atoms with van der Waals surface area (Å²) in [7, 11) is 1.89. The van der Waals surface area contributed by atoms with Crippen LogP contribution < -0.4 is 16.0 Å². The van der Waals surface area contributed by atoms with Gasteiger partial charge in [-0.3, -0.25) is 9.69 Å². The highest BCUT2D eigenvalue weighted by molar-refractivity contribution is 5.95. The number of nitrogens with one attached hydrogen (secondary N) is 3. The van der Waals surface area contributed by atoms with Crippen molar-refractivity contribution in [2.75, 3.05) is 17.7 Å². The molecule has 0 radical (unpaired) electrons. The maximum absolute atomic E-state index is 13.1. The Labute approximate surface area is 227 Å². The van der Waals surface area contributed by atoms with Crippen LogP contribution in [0, 0.1) is 20.8 Å². The van der Waals surface area contributed by atoms with Crippen LogP contribution in [-0.4, -0.2) is 39.4 Å². The summed E-state index contributed by atoms with van der Waals surface area (Å²) in [6, 6.07) is 12.5. The number of nitrogens with zero attached hydrogens (tertiary/aromatic N) is 3. The Kier molecular flexibility index (Phi) is 8.36. The lowest BCUT2D eigenvalue weighted by molar-refractivity contribution is 0.0872.